The van der Waals surface area contributed by atoms with Gasteiger partial charge in [-0.15, -0.1) is 0 Å². The number of hydrogen-bond acceptors (Lipinski definition) is 2. The van der Waals surface area contributed by atoms with Crippen LogP contribution >= 0.6 is 0 Å². The van der Waals surface area contributed by atoms with Crippen LogP contribution in [-0.4, -0.2) is 15.6 Å². The van der Waals surface area contributed by atoms with Gasteiger partial charge >= 0.3 is 0 Å². The van der Waals surface area contributed by atoms with E-state index in [2.05, 4.69) is 37.2 Å². The zero-order valence-corrected chi connectivity index (χ0v) is 11.0. The molecule has 0 bridgehead atoms. The Kier molecular flexibility index (Phi) is 4.54. The zero-order valence-electron chi connectivity index (χ0n) is 11.0. The molecular weight excluding hydrogens is 198 g/mol. The third-order valence-corrected chi connectivity index (χ3v) is 2.59. The molecule has 1 aromatic heterocycles. The molecule has 0 aliphatic carbocycles. The minimum absolute atomic E-state index is 0.206. The highest BCUT2D eigenvalue weighted by Gasteiger charge is 2.17. The Morgan fingerprint density at radius 3 is 2.69 bits per heavy atom. The van der Waals surface area contributed by atoms with Crippen LogP contribution in [-0.2, 0) is 13.0 Å². The predicted molar refractivity (Wildman–Crippen MR) is 68.3 cm³/mol. The van der Waals surface area contributed by atoms with E-state index < -0.39 is 0 Å². The number of imidazole rings is 1. The molecule has 3 nitrogen and oxygen atoms in total. The summed E-state index contributed by atoms with van der Waals surface area (Å²) >= 11 is 0. The van der Waals surface area contributed by atoms with E-state index >= 15 is 0 Å². The summed E-state index contributed by atoms with van der Waals surface area (Å²) in [6.07, 6.45) is 6.96. The first-order chi connectivity index (χ1) is 7.42. The Labute approximate surface area is 99.1 Å². The Morgan fingerprint density at radius 2 is 2.12 bits per heavy atom. The maximum atomic E-state index is 6.16. The molecule has 0 spiro atoms. The van der Waals surface area contributed by atoms with Crippen LogP contribution in [0.5, 0.6) is 0 Å². The minimum atomic E-state index is 0.206. The molecule has 1 atom stereocenters. The summed E-state index contributed by atoms with van der Waals surface area (Å²) in [5.74, 6) is 1.12. The van der Waals surface area contributed by atoms with E-state index in [1.807, 2.05) is 12.4 Å². The number of hydrogen-bond donors (Lipinski definition) is 1. The quantitative estimate of drug-likeness (QED) is 0.834. The second kappa shape index (κ2) is 5.48. The number of nitrogens with zero attached hydrogens (tertiary/aromatic N) is 2. The predicted octanol–water partition coefficient (Wildman–Crippen LogP) is 2.60. The van der Waals surface area contributed by atoms with Crippen LogP contribution in [0.15, 0.2) is 12.4 Å². The lowest BCUT2D eigenvalue weighted by Crippen LogP contribution is -2.29. The highest BCUT2D eigenvalue weighted by molar-refractivity contribution is 4.95. The molecule has 0 amide bonds. The summed E-state index contributed by atoms with van der Waals surface area (Å²) in [5.41, 5.74) is 6.46. The molecule has 0 saturated carbocycles. The lowest BCUT2D eigenvalue weighted by molar-refractivity contribution is 0.335. The van der Waals surface area contributed by atoms with Gasteiger partial charge in [-0.25, -0.2) is 4.98 Å². The molecule has 1 heterocycles. The van der Waals surface area contributed by atoms with Gasteiger partial charge in [0.25, 0.3) is 0 Å². The second-order valence-electron chi connectivity index (χ2n) is 5.77. The molecule has 0 radical (unpaired) electrons. The summed E-state index contributed by atoms with van der Waals surface area (Å²) in [6, 6.07) is 0.206. The van der Waals surface area contributed by atoms with Crippen LogP contribution in [0.2, 0.25) is 0 Å². The smallest absolute Gasteiger partial charge is 0.110 e. The van der Waals surface area contributed by atoms with Gasteiger partial charge in [-0.3, -0.25) is 0 Å². The third kappa shape index (κ3) is 4.35. The fraction of sp³-hybridized carbons (Fsp3) is 0.769. The van der Waals surface area contributed by atoms with Gasteiger partial charge in [0.05, 0.1) is 0 Å². The number of rotatable bonds is 5. The summed E-state index contributed by atoms with van der Waals surface area (Å²) in [6.45, 7) is 9.90. The molecule has 92 valence electrons. The Bertz CT molecular complexity index is 309. The summed E-state index contributed by atoms with van der Waals surface area (Å²) in [7, 11) is 0. The average molecular weight is 223 g/mol. The lowest BCUT2D eigenvalue weighted by atomic mass is 9.87. The van der Waals surface area contributed by atoms with Crippen molar-refractivity contribution in [3.8, 4) is 0 Å². The summed E-state index contributed by atoms with van der Waals surface area (Å²) in [4.78, 5) is 4.39. The van der Waals surface area contributed by atoms with Crippen LogP contribution in [0, 0.1) is 5.41 Å². The van der Waals surface area contributed by atoms with Crippen molar-refractivity contribution in [2.75, 3.05) is 0 Å². The van der Waals surface area contributed by atoms with Gasteiger partial charge in [0, 0.05) is 31.4 Å². The van der Waals surface area contributed by atoms with Crippen LogP contribution < -0.4 is 5.73 Å². The van der Waals surface area contributed by atoms with Gasteiger partial charge in [0.2, 0.25) is 0 Å². The maximum absolute atomic E-state index is 6.16. The SMILES string of the molecule is CCCn1ccnc1CC(N)CC(C)(C)C. The normalized spacial score (nSPS) is 14.1. The molecule has 1 unspecified atom stereocenters. The van der Waals surface area contributed by atoms with E-state index in [9.17, 15) is 0 Å². The van der Waals surface area contributed by atoms with Crippen molar-refractivity contribution in [2.24, 2.45) is 11.1 Å². The van der Waals surface area contributed by atoms with Crippen LogP contribution in [0.4, 0.5) is 0 Å². The molecule has 0 aliphatic rings. The minimum Gasteiger partial charge on any atom is -0.335 e. The molecule has 0 saturated heterocycles. The largest absolute Gasteiger partial charge is 0.335 e. The van der Waals surface area contributed by atoms with Crippen molar-refractivity contribution >= 4 is 0 Å². The molecule has 16 heavy (non-hydrogen) atoms. The van der Waals surface area contributed by atoms with Crippen molar-refractivity contribution in [1.82, 2.24) is 9.55 Å². The van der Waals surface area contributed by atoms with Gasteiger partial charge in [0.15, 0.2) is 0 Å². The van der Waals surface area contributed by atoms with Gasteiger partial charge in [-0.2, -0.15) is 0 Å². The van der Waals surface area contributed by atoms with Crippen molar-refractivity contribution in [3.05, 3.63) is 18.2 Å². The number of nitrogens with two attached hydrogens (primary N) is 1. The second-order valence-corrected chi connectivity index (χ2v) is 5.77. The number of aromatic nitrogens is 2. The van der Waals surface area contributed by atoms with E-state index in [4.69, 9.17) is 5.73 Å². The van der Waals surface area contributed by atoms with Crippen LogP contribution in [0.3, 0.4) is 0 Å². The van der Waals surface area contributed by atoms with Crippen molar-refractivity contribution in [3.63, 3.8) is 0 Å². The Morgan fingerprint density at radius 1 is 1.44 bits per heavy atom. The average Bonchev–Trinajstić information content (AvgIpc) is 2.50. The Hall–Kier alpha value is -0.830. The molecule has 3 heteroatoms. The lowest BCUT2D eigenvalue weighted by Gasteiger charge is -2.23. The van der Waals surface area contributed by atoms with Crippen molar-refractivity contribution in [1.29, 1.82) is 0 Å². The fourth-order valence-electron chi connectivity index (χ4n) is 2.07. The van der Waals surface area contributed by atoms with Gasteiger partial charge in [0.1, 0.15) is 5.82 Å². The Balaban J connectivity index is 2.55. The summed E-state index contributed by atoms with van der Waals surface area (Å²) < 4.78 is 2.21. The van der Waals surface area contributed by atoms with Gasteiger partial charge in [-0.1, -0.05) is 27.7 Å². The topological polar surface area (TPSA) is 43.8 Å². The van der Waals surface area contributed by atoms with Gasteiger partial charge in [-0.05, 0) is 18.3 Å². The molecular formula is C13H25N3. The molecule has 0 aliphatic heterocycles. The first-order valence-corrected chi connectivity index (χ1v) is 6.18. The van der Waals surface area contributed by atoms with Crippen LogP contribution in [0.1, 0.15) is 46.4 Å². The monoisotopic (exact) mass is 223 g/mol. The van der Waals surface area contributed by atoms with E-state index in [1.54, 1.807) is 0 Å². The fourth-order valence-corrected chi connectivity index (χ4v) is 2.07. The summed E-state index contributed by atoms with van der Waals surface area (Å²) in [5, 5.41) is 0. The van der Waals surface area contributed by atoms with E-state index in [0.717, 1.165) is 31.6 Å². The van der Waals surface area contributed by atoms with Crippen LogP contribution in [0.25, 0.3) is 0 Å². The van der Waals surface area contributed by atoms with E-state index in [1.165, 1.54) is 0 Å². The number of aryl methyl sites for hydroxylation is 1. The molecule has 1 rings (SSSR count). The third-order valence-electron chi connectivity index (χ3n) is 2.59. The molecule has 0 fully saturated rings. The van der Waals surface area contributed by atoms with E-state index in [-0.39, 0.29) is 6.04 Å². The zero-order chi connectivity index (χ0) is 12.2. The standard InChI is InChI=1S/C13H25N3/c1-5-7-16-8-6-15-12(16)9-11(14)10-13(2,3)4/h6,8,11H,5,7,9-10,14H2,1-4H3. The first kappa shape index (κ1) is 13.2. The molecule has 1 aromatic rings. The van der Waals surface area contributed by atoms with Crippen molar-refractivity contribution < 1.29 is 0 Å². The highest BCUT2D eigenvalue weighted by atomic mass is 15.1. The van der Waals surface area contributed by atoms with E-state index in [0.29, 0.717) is 5.41 Å². The van der Waals surface area contributed by atoms with Gasteiger partial charge < -0.3 is 10.3 Å². The first-order valence-electron chi connectivity index (χ1n) is 6.18. The highest BCUT2D eigenvalue weighted by Crippen LogP contribution is 2.21. The van der Waals surface area contributed by atoms with Crippen molar-refractivity contribution in [2.45, 2.75) is 59.5 Å². The maximum Gasteiger partial charge on any atom is 0.110 e. The molecule has 0 aromatic carbocycles. The molecule has 2 N–H and O–H groups in total.